The molecule has 3 rings (SSSR count). The number of rotatable bonds is 3. The van der Waals surface area contributed by atoms with Gasteiger partial charge in [0.1, 0.15) is 0 Å². The van der Waals surface area contributed by atoms with Crippen LogP contribution in [0.2, 0.25) is 0 Å². The molecule has 23 heavy (non-hydrogen) atoms. The van der Waals surface area contributed by atoms with Gasteiger partial charge in [-0.1, -0.05) is 6.92 Å². The summed E-state index contributed by atoms with van der Waals surface area (Å²) in [5.41, 5.74) is 6.51. The van der Waals surface area contributed by atoms with Gasteiger partial charge in [0.2, 0.25) is 0 Å². The lowest BCUT2D eigenvalue weighted by Gasteiger charge is -2.42. The zero-order chi connectivity index (χ0) is 15.4. The molecule has 2 N–H and O–H groups in total. The van der Waals surface area contributed by atoms with E-state index < -0.39 is 0 Å². The van der Waals surface area contributed by atoms with Gasteiger partial charge in [0.05, 0.1) is 25.3 Å². The van der Waals surface area contributed by atoms with Crippen LogP contribution in [0, 0.1) is 5.92 Å². The molecule has 3 saturated heterocycles. The average molecular weight is 454 g/mol. The van der Waals surface area contributed by atoms with Crippen molar-refractivity contribution in [3.8, 4) is 0 Å². The Kier molecular flexibility index (Phi) is 7.75. The normalized spacial score (nSPS) is 33.5. The minimum absolute atomic E-state index is 0. The number of aliphatic imine (C=N–C) groups is 1. The molecule has 0 bridgehead atoms. The van der Waals surface area contributed by atoms with E-state index in [1.54, 1.807) is 0 Å². The lowest BCUT2D eigenvalue weighted by Crippen LogP contribution is -2.56. The first-order valence-corrected chi connectivity index (χ1v) is 9.80. The van der Waals surface area contributed by atoms with Gasteiger partial charge in [0.25, 0.3) is 0 Å². The van der Waals surface area contributed by atoms with E-state index in [1.807, 2.05) is 0 Å². The van der Waals surface area contributed by atoms with E-state index in [-0.39, 0.29) is 29.5 Å². The molecule has 0 spiro atoms. The number of nitrogens with zero attached hydrogens (tertiary/aromatic N) is 3. The zero-order valence-electron chi connectivity index (χ0n) is 14.2. The van der Waals surface area contributed by atoms with Crippen molar-refractivity contribution in [2.24, 2.45) is 16.6 Å². The maximum absolute atomic E-state index is 6.30. The number of hydrogen-bond donors (Lipinski definition) is 1. The molecular weight excluding hydrogens is 423 g/mol. The minimum Gasteiger partial charge on any atom is -0.379 e. The zero-order valence-corrected chi connectivity index (χ0v) is 17.4. The van der Waals surface area contributed by atoms with E-state index in [0.717, 1.165) is 57.8 Å². The van der Waals surface area contributed by atoms with Crippen molar-refractivity contribution in [1.82, 2.24) is 9.80 Å². The third-order valence-electron chi connectivity index (χ3n) is 5.28. The number of ether oxygens (including phenoxy) is 1. The van der Waals surface area contributed by atoms with Crippen molar-refractivity contribution in [1.29, 1.82) is 0 Å². The molecule has 7 heteroatoms. The number of likely N-dealkylation sites (tertiary alicyclic amines) is 1. The van der Waals surface area contributed by atoms with Crippen LogP contribution in [0.5, 0.6) is 0 Å². The molecule has 3 heterocycles. The van der Waals surface area contributed by atoms with Crippen LogP contribution in [0.3, 0.4) is 0 Å². The van der Waals surface area contributed by atoms with Crippen LogP contribution in [0.1, 0.15) is 26.2 Å². The summed E-state index contributed by atoms with van der Waals surface area (Å²) in [6, 6.07) is 0. The van der Waals surface area contributed by atoms with Gasteiger partial charge < -0.3 is 15.4 Å². The number of thioether (sulfide) groups is 1. The maximum atomic E-state index is 6.30. The highest BCUT2D eigenvalue weighted by molar-refractivity contribution is 14.0. The number of nitrogens with two attached hydrogens (primary N) is 1. The Morgan fingerprint density at radius 3 is 2.78 bits per heavy atom. The molecule has 0 aromatic rings. The lowest BCUT2D eigenvalue weighted by atomic mass is 9.96. The molecule has 0 aromatic heterocycles. The molecule has 0 amide bonds. The summed E-state index contributed by atoms with van der Waals surface area (Å²) in [5.74, 6) is 3.92. The van der Waals surface area contributed by atoms with E-state index >= 15 is 0 Å². The Hall–Kier alpha value is 0.270. The van der Waals surface area contributed by atoms with E-state index in [2.05, 4.69) is 28.5 Å². The van der Waals surface area contributed by atoms with Crippen LogP contribution in [0.15, 0.2) is 4.99 Å². The smallest absolute Gasteiger partial charge is 0.191 e. The molecule has 3 fully saturated rings. The summed E-state index contributed by atoms with van der Waals surface area (Å²) < 4.78 is 5.52. The lowest BCUT2D eigenvalue weighted by molar-refractivity contribution is -0.0105. The van der Waals surface area contributed by atoms with Crippen LogP contribution >= 0.6 is 35.7 Å². The maximum Gasteiger partial charge on any atom is 0.191 e. The van der Waals surface area contributed by atoms with Gasteiger partial charge in [-0.3, -0.25) is 9.89 Å². The van der Waals surface area contributed by atoms with Crippen LogP contribution < -0.4 is 5.73 Å². The van der Waals surface area contributed by atoms with Crippen molar-refractivity contribution in [3.05, 3.63) is 0 Å². The second kappa shape index (κ2) is 9.10. The summed E-state index contributed by atoms with van der Waals surface area (Å²) in [5, 5.41) is 0. The minimum atomic E-state index is 0. The molecule has 0 saturated carbocycles. The molecule has 2 unspecified atom stereocenters. The molecule has 0 aliphatic carbocycles. The first-order chi connectivity index (χ1) is 10.7. The van der Waals surface area contributed by atoms with Crippen molar-refractivity contribution in [3.63, 3.8) is 0 Å². The van der Waals surface area contributed by atoms with E-state index in [9.17, 15) is 0 Å². The fraction of sp³-hybridized carbons (Fsp3) is 0.938. The Labute approximate surface area is 161 Å². The van der Waals surface area contributed by atoms with E-state index in [1.165, 1.54) is 30.8 Å². The summed E-state index contributed by atoms with van der Waals surface area (Å²) >= 11 is 2.06. The molecule has 5 nitrogen and oxygen atoms in total. The number of halogens is 1. The molecule has 3 aliphatic heterocycles. The molecule has 0 radical (unpaired) electrons. The van der Waals surface area contributed by atoms with Gasteiger partial charge in [-0.05, 0) is 30.9 Å². The summed E-state index contributed by atoms with van der Waals surface area (Å²) in [7, 11) is 0. The fourth-order valence-electron chi connectivity index (χ4n) is 3.83. The van der Waals surface area contributed by atoms with Crippen molar-refractivity contribution >= 4 is 41.7 Å². The third-order valence-corrected chi connectivity index (χ3v) is 6.52. The molecular formula is C16H31IN4OS. The number of guanidine groups is 1. The fourth-order valence-corrected chi connectivity index (χ4v) is 5.30. The first kappa shape index (κ1) is 19.6. The number of hydrogen-bond acceptors (Lipinski definition) is 4. The Morgan fingerprint density at radius 2 is 2.13 bits per heavy atom. The van der Waals surface area contributed by atoms with Gasteiger partial charge >= 0.3 is 0 Å². The molecule has 0 aromatic carbocycles. The SMILES string of the molecule is CC1CCCN(C(N)=NCC2(N3CCOCC3)CCSC2)C1.I. The quantitative estimate of drug-likeness (QED) is 0.401. The third kappa shape index (κ3) is 4.89. The van der Waals surface area contributed by atoms with Crippen LogP contribution in [0.25, 0.3) is 0 Å². The number of morpholine rings is 1. The van der Waals surface area contributed by atoms with Crippen molar-refractivity contribution < 1.29 is 4.74 Å². The van der Waals surface area contributed by atoms with Gasteiger partial charge in [-0.15, -0.1) is 24.0 Å². The Morgan fingerprint density at radius 1 is 1.35 bits per heavy atom. The molecule has 2 atom stereocenters. The van der Waals surface area contributed by atoms with Crippen molar-refractivity contribution in [2.75, 3.05) is 57.4 Å². The topological polar surface area (TPSA) is 54.1 Å². The molecule has 134 valence electrons. The predicted octanol–water partition coefficient (Wildman–Crippen LogP) is 1.86. The van der Waals surface area contributed by atoms with Gasteiger partial charge in [0, 0.05) is 31.9 Å². The highest BCUT2D eigenvalue weighted by atomic mass is 127. The summed E-state index contributed by atoms with van der Waals surface area (Å²) in [6.45, 7) is 9.07. The average Bonchev–Trinajstić information content (AvgIpc) is 3.04. The standard InChI is InChI=1S/C16H30N4OS.HI/c1-14-3-2-5-19(11-14)15(17)18-12-16(4-10-22-13-16)20-6-8-21-9-7-20;/h14H,2-13H2,1H3,(H2,17,18);1H. The highest BCUT2D eigenvalue weighted by Gasteiger charge is 2.40. The Balaban J connectivity index is 0.00000192. The van der Waals surface area contributed by atoms with Gasteiger partial charge in [-0.2, -0.15) is 11.8 Å². The van der Waals surface area contributed by atoms with Crippen LogP contribution in [-0.2, 0) is 4.74 Å². The first-order valence-electron chi connectivity index (χ1n) is 8.65. The van der Waals surface area contributed by atoms with Crippen LogP contribution in [0.4, 0.5) is 0 Å². The predicted molar refractivity (Wildman–Crippen MR) is 109 cm³/mol. The molecule has 3 aliphatic rings. The largest absolute Gasteiger partial charge is 0.379 e. The summed E-state index contributed by atoms with van der Waals surface area (Å²) in [4.78, 5) is 9.72. The van der Waals surface area contributed by atoms with E-state index in [4.69, 9.17) is 15.5 Å². The Bertz CT molecular complexity index is 398. The van der Waals surface area contributed by atoms with Gasteiger partial charge in [-0.25, -0.2) is 0 Å². The second-order valence-corrected chi connectivity index (χ2v) is 8.10. The highest BCUT2D eigenvalue weighted by Crippen LogP contribution is 2.34. The van der Waals surface area contributed by atoms with Crippen LogP contribution in [-0.4, -0.2) is 78.7 Å². The number of piperidine rings is 1. The second-order valence-electron chi connectivity index (χ2n) is 6.99. The van der Waals surface area contributed by atoms with Gasteiger partial charge in [0.15, 0.2) is 5.96 Å². The van der Waals surface area contributed by atoms with Crippen molar-refractivity contribution in [2.45, 2.75) is 31.7 Å². The summed E-state index contributed by atoms with van der Waals surface area (Å²) in [6.07, 6.45) is 3.78. The van der Waals surface area contributed by atoms with E-state index in [0.29, 0.717) is 0 Å². The monoisotopic (exact) mass is 454 g/mol.